The van der Waals surface area contributed by atoms with E-state index in [1.807, 2.05) is 6.92 Å². The van der Waals surface area contributed by atoms with Crippen LogP contribution in [-0.2, 0) is 4.79 Å². The van der Waals surface area contributed by atoms with E-state index in [-0.39, 0.29) is 31.1 Å². The Morgan fingerprint density at radius 1 is 1.45 bits per heavy atom. The normalized spacial score (nSPS) is 19.9. The van der Waals surface area contributed by atoms with Gasteiger partial charge in [-0.15, -0.1) is 0 Å². The molecular formula is C14H26N2O4. The molecule has 1 saturated heterocycles. The molecule has 0 bridgehead atoms. The van der Waals surface area contributed by atoms with Crippen LogP contribution < -0.4 is 5.32 Å². The lowest BCUT2D eigenvalue weighted by molar-refractivity contribution is -0.137. The Kier molecular flexibility index (Phi) is 7.36. The Bertz CT molecular complexity index is 322. The summed E-state index contributed by atoms with van der Waals surface area (Å²) in [5.74, 6) is -0.887. The first-order valence-corrected chi connectivity index (χ1v) is 7.48. The predicted molar refractivity (Wildman–Crippen MR) is 75.5 cm³/mol. The van der Waals surface area contributed by atoms with Crippen molar-refractivity contribution in [2.45, 2.75) is 64.0 Å². The molecule has 0 radical (unpaired) electrons. The van der Waals surface area contributed by atoms with E-state index in [0.29, 0.717) is 19.4 Å². The van der Waals surface area contributed by atoms with Crippen molar-refractivity contribution >= 4 is 12.0 Å². The fourth-order valence-electron chi connectivity index (χ4n) is 2.77. The van der Waals surface area contributed by atoms with Gasteiger partial charge in [0.2, 0.25) is 0 Å². The number of carboxylic acids is 1. The molecule has 2 amide bonds. The number of nitrogens with zero attached hydrogens (tertiary/aromatic N) is 1. The van der Waals surface area contributed by atoms with Crippen LogP contribution in [0.1, 0.15) is 51.9 Å². The lowest BCUT2D eigenvalue weighted by Gasteiger charge is -2.27. The molecule has 1 rings (SSSR count). The van der Waals surface area contributed by atoms with Crippen LogP contribution in [0.2, 0.25) is 0 Å². The largest absolute Gasteiger partial charge is 0.481 e. The third kappa shape index (κ3) is 5.36. The molecule has 1 fully saturated rings. The van der Waals surface area contributed by atoms with E-state index in [9.17, 15) is 9.59 Å². The van der Waals surface area contributed by atoms with Gasteiger partial charge in [-0.3, -0.25) is 4.79 Å². The average Bonchev–Trinajstić information content (AvgIpc) is 2.84. The minimum Gasteiger partial charge on any atom is -0.481 e. The molecule has 2 atom stereocenters. The van der Waals surface area contributed by atoms with Gasteiger partial charge >= 0.3 is 12.0 Å². The number of carbonyl (C=O) groups excluding carboxylic acids is 1. The van der Waals surface area contributed by atoms with Crippen molar-refractivity contribution in [3.05, 3.63) is 0 Å². The molecule has 2 unspecified atom stereocenters. The van der Waals surface area contributed by atoms with Gasteiger partial charge in [0.15, 0.2) is 0 Å². The molecular weight excluding hydrogens is 260 g/mol. The maximum absolute atomic E-state index is 12.2. The van der Waals surface area contributed by atoms with Crippen molar-refractivity contribution in [1.82, 2.24) is 10.2 Å². The van der Waals surface area contributed by atoms with Crippen LogP contribution in [0.25, 0.3) is 0 Å². The SMILES string of the molecule is CCCC(CC(=O)O)NC(=O)N1CCCC1CCCO. The molecule has 3 N–H and O–H groups in total. The van der Waals surface area contributed by atoms with E-state index >= 15 is 0 Å². The summed E-state index contributed by atoms with van der Waals surface area (Å²) in [6.45, 7) is 2.83. The predicted octanol–water partition coefficient (Wildman–Crippen LogP) is 1.58. The Hall–Kier alpha value is -1.30. The molecule has 0 aromatic rings. The number of amides is 2. The van der Waals surface area contributed by atoms with Crippen molar-refractivity contribution < 1.29 is 19.8 Å². The summed E-state index contributed by atoms with van der Waals surface area (Å²) >= 11 is 0. The first-order chi connectivity index (χ1) is 9.58. The van der Waals surface area contributed by atoms with E-state index in [1.165, 1.54) is 0 Å². The monoisotopic (exact) mass is 286 g/mol. The second kappa shape index (κ2) is 8.79. The molecule has 1 heterocycles. The molecule has 0 aromatic heterocycles. The zero-order chi connectivity index (χ0) is 15.0. The van der Waals surface area contributed by atoms with Gasteiger partial charge in [0.1, 0.15) is 0 Å². The second-order valence-corrected chi connectivity index (χ2v) is 5.39. The van der Waals surface area contributed by atoms with Crippen LogP contribution in [0, 0.1) is 0 Å². The van der Waals surface area contributed by atoms with Gasteiger partial charge in [-0.05, 0) is 32.1 Å². The summed E-state index contributed by atoms with van der Waals surface area (Å²) < 4.78 is 0. The zero-order valence-corrected chi connectivity index (χ0v) is 12.2. The summed E-state index contributed by atoms with van der Waals surface area (Å²) in [4.78, 5) is 24.8. The smallest absolute Gasteiger partial charge is 0.317 e. The minimum atomic E-state index is -0.887. The van der Waals surface area contributed by atoms with Crippen LogP contribution >= 0.6 is 0 Å². The molecule has 0 aromatic carbocycles. The summed E-state index contributed by atoms with van der Waals surface area (Å²) in [5, 5.41) is 20.6. The summed E-state index contributed by atoms with van der Waals surface area (Å²) in [6, 6.07) is -0.288. The number of aliphatic hydroxyl groups is 1. The Morgan fingerprint density at radius 3 is 2.80 bits per heavy atom. The van der Waals surface area contributed by atoms with Crippen LogP contribution in [0.5, 0.6) is 0 Å². The number of urea groups is 1. The third-order valence-electron chi connectivity index (χ3n) is 3.72. The van der Waals surface area contributed by atoms with Crippen LogP contribution in [-0.4, -0.2) is 52.3 Å². The lowest BCUT2D eigenvalue weighted by atomic mass is 10.1. The number of likely N-dealkylation sites (tertiary alicyclic amines) is 1. The number of aliphatic carboxylic acids is 1. The van der Waals surface area contributed by atoms with E-state index in [2.05, 4.69) is 5.32 Å². The standard InChI is InChI=1S/C14H26N2O4/c1-2-5-11(10-13(18)19)15-14(20)16-8-3-6-12(16)7-4-9-17/h11-12,17H,2-10H2,1H3,(H,15,20)(H,18,19). The minimum absolute atomic E-state index is 0.0330. The van der Waals surface area contributed by atoms with Crippen molar-refractivity contribution in [1.29, 1.82) is 0 Å². The molecule has 1 aliphatic rings. The third-order valence-corrected chi connectivity index (χ3v) is 3.72. The fourth-order valence-corrected chi connectivity index (χ4v) is 2.77. The van der Waals surface area contributed by atoms with Crippen LogP contribution in [0.3, 0.4) is 0 Å². The Morgan fingerprint density at radius 2 is 2.20 bits per heavy atom. The highest BCUT2D eigenvalue weighted by Crippen LogP contribution is 2.21. The molecule has 1 aliphatic heterocycles. The topological polar surface area (TPSA) is 89.9 Å². The maximum atomic E-state index is 12.2. The van der Waals surface area contributed by atoms with E-state index in [0.717, 1.165) is 25.7 Å². The summed E-state index contributed by atoms with van der Waals surface area (Å²) in [7, 11) is 0. The Balaban J connectivity index is 2.51. The van der Waals surface area contributed by atoms with E-state index in [4.69, 9.17) is 10.2 Å². The number of aliphatic hydroxyl groups excluding tert-OH is 1. The maximum Gasteiger partial charge on any atom is 0.317 e. The van der Waals surface area contributed by atoms with Gasteiger partial charge in [-0.1, -0.05) is 13.3 Å². The van der Waals surface area contributed by atoms with Gasteiger partial charge in [-0.25, -0.2) is 4.79 Å². The molecule has 20 heavy (non-hydrogen) atoms. The molecule has 116 valence electrons. The van der Waals surface area contributed by atoms with Gasteiger partial charge in [-0.2, -0.15) is 0 Å². The average molecular weight is 286 g/mol. The van der Waals surface area contributed by atoms with Crippen molar-refractivity contribution in [2.75, 3.05) is 13.2 Å². The van der Waals surface area contributed by atoms with Gasteiger partial charge in [0.05, 0.1) is 6.42 Å². The highest BCUT2D eigenvalue weighted by atomic mass is 16.4. The van der Waals surface area contributed by atoms with E-state index in [1.54, 1.807) is 4.90 Å². The number of hydrogen-bond donors (Lipinski definition) is 3. The van der Waals surface area contributed by atoms with Crippen LogP contribution in [0.15, 0.2) is 0 Å². The summed E-state index contributed by atoms with van der Waals surface area (Å²) in [6.07, 6.45) is 4.92. The molecule has 0 saturated carbocycles. The van der Waals surface area contributed by atoms with Crippen molar-refractivity contribution in [3.63, 3.8) is 0 Å². The highest BCUT2D eigenvalue weighted by Gasteiger charge is 2.29. The molecule has 0 spiro atoms. The Labute approximate surface area is 120 Å². The van der Waals surface area contributed by atoms with Crippen molar-refractivity contribution in [3.8, 4) is 0 Å². The quantitative estimate of drug-likeness (QED) is 0.632. The molecule has 6 heteroatoms. The van der Waals surface area contributed by atoms with E-state index < -0.39 is 5.97 Å². The van der Waals surface area contributed by atoms with Gasteiger partial charge in [0, 0.05) is 25.2 Å². The van der Waals surface area contributed by atoms with Crippen molar-refractivity contribution in [2.24, 2.45) is 0 Å². The number of hydrogen-bond acceptors (Lipinski definition) is 3. The van der Waals surface area contributed by atoms with Gasteiger partial charge < -0.3 is 20.4 Å². The first kappa shape index (κ1) is 16.8. The number of carboxylic acid groups (broad SMARTS) is 1. The lowest BCUT2D eigenvalue weighted by Crippen LogP contribution is -2.47. The first-order valence-electron chi connectivity index (χ1n) is 7.48. The fraction of sp³-hybridized carbons (Fsp3) is 0.857. The van der Waals surface area contributed by atoms with Gasteiger partial charge in [0.25, 0.3) is 0 Å². The molecule has 0 aliphatic carbocycles. The molecule has 6 nitrogen and oxygen atoms in total. The number of nitrogens with one attached hydrogen (secondary N) is 1. The number of rotatable bonds is 8. The highest BCUT2D eigenvalue weighted by molar-refractivity contribution is 5.76. The second-order valence-electron chi connectivity index (χ2n) is 5.39. The number of carbonyl (C=O) groups is 2. The zero-order valence-electron chi connectivity index (χ0n) is 12.2. The van der Waals surface area contributed by atoms with Crippen LogP contribution in [0.4, 0.5) is 4.79 Å². The summed E-state index contributed by atoms with van der Waals surface area (Å²) in [5.41, 5.74) is 0.